The number of amides is 1. The van der Waals surface area contributed by atoms with Crippen LogP contribution in [0.5, 0.6) is 0 Å². The van der Waals surface area contributed by atoms with Gasteiger partial charge in [-0.05, 0) is 30.6 Å². The van der Waals surface area contributed by atoms with Crippen molar-refractivity contribution >= 4 is 11.9 Å². The Bertz CT molecular complexity index is 299. The van der Waals surface area contributed by atoms with Gasteiger partial charge in [-0.1, -0.05) is 26.7 Å². The van der Waals surface area contributed by atoms with Crippen molar-refractivity contribution in [2.24, 2.45) is 11.3 Å². The van der Waals surface area contributed by atoms with Crippen LogP contribution in [-0.4, -0.2) is 23.5 Å². The standard InChI is InChI=1S/C14H25NO3/c1-14(2)8-4-3-6-11(14)10-12(16)15-9-5-7-13(17)18/h11H,3-10H2,1-2H3,(H,15,16)(H,17,18). The molecular formula is C14H25NO3. The van der Waals surface area contributed by atoms with Crippen LogP contribution in [-0.2, 0) is 9.59 Å². The zero-order valence-corrected chi connectivity index (χ0v) is 11.5. The Labute approximate surface area is 109 Å². The number of hydrogen-bond acceptors (Lipinski definition) is 2. The highest BCUT2D eigenvalue weighted by Gasteiger charge is 2.33. The molecule has 1 unspecified atom stereocenters. The second kappa shape index (κ2) is 6.76. The predicted molar refractivity (Wildman–Crippen MR) is 70.2 cm³/mol. The Hall–Kier alpha value is -1.06. The molecule has 1 saturated carbocycles. The van der Waals surface area contributed by atoms with Crippen LogP contribution in [0.25, 0.3) is 0 Å². The summed E-state index contributed by atoms with van der Waals surface area (Å²) >= 11 is 0. The summed E-state index contributed by atoms with van der Waals surface area (Å²) in [5.41, 5.74) is 0.261. The molecule has 0 heterocycles. The highest BCUT2D eigenvalue weighted by Crippen LogP contribution is 2.42. The summed E-state index contributed by atoms with van der Waals surface area (Å²) in [6.45, 7) is 4.96. The van der Waals surface area contributed by atoms with Gasteiger partial charge >= 0.3 is 5.97 Å². The lowest BCUT2D eigenvalue weighted by Crippen LogP contribution is -2.34. The topological polar surface area (TPSA) is 66.4 Å². The molecule has 1 amide bonds. The zero-order valence-electron chi connectivity index (χ0n) is 11.5. The Morgan fingerprint density at radius 2 is 2.06 bits per heavy atom. The van der Waals surface area contributed by atoms with E-state index in [-0.39, 0.29) is 17.7 Å². The largest absolute Gasteiger partial charge is 0.481 e. The van der Waals surface area contributed by atoms with E-state index in [9.17, 15) is 9.59 Å². The van der Waals surface area contributed by atoms with Crippen LogP contribution in [0.4, 0.5) is 0 Å². The minimum Gasteiger partial charge on any atom is -0.481 e. The molecule has 4 nitrogen and oxygen atoms in total. The SMILES string of the molecule is CC1(C)CCCCC1CC(=O)NCCCC(=O)O. The van der Waals surface area contributed by atoms with E-state index in [1.807, 2.05) is 0 Å². The Kier molecular flexibility index (Phi) is 5.63. The lowest BCUT2D eigenvalue weighted by Gasteiger charge is -2.38. The number of carboxylic acids is 1. The molecule has 1 fully saturated rings. The molecule has 0 aromatic carbocycles. The van der Waals surface area contributed by atoms with Crippen LogP contribution in [0.15, 0.2) is 0 Å². The molecule has 1 aliphatic carbocycles. The van der Waals surface area contributed by atoms with E-state index in [0.29, 0.717) is 25.3 Å². The Morgan fingerprint density at radius 1 is 1.33 bits per heavy atom. The number of carboxylic acid groups (broad SMARTS) is 1. The Balaban J connectivity index is 2.24. The molecule has 0 aromatic heterocycles. The zero-order chi connectivity index (χ0) is 13.6. The second-order valence-electron chi connectivity index (χ2n) is 5.98. The number of nitrogens with one attached hydrogen (secondary N) is 1. The third kappa shape index (κ3) is 5.07. The summed E-state index contributed by atoms with van der Waals surface area (Å²) in [4.78, 5) is 22.1. The normalized spacial score (nSPS) is 22.4. The first kappa shape index (κ1) is 15.0. The number of carbonyl (C=O) groups is 2. The van der Waals surface area contributed by atoms with Crippen molar-refractivity contribution in [1.82, 2.24) is 5.32 Å². The molecule has 18 heavy (non-hydrogen) atoms. The van der Waals surface area contributed by atoms with Crippen LogP contribution >= 0.6 is 0 Å². The molecule has 0 aromatic rings. The van der Waals surface area contributed by atoms with Crippen molar-refractivity contribution in [2.75, 3.05) is 6.54 Å². The lowest BCUT2D eigenvalue weighted by atomic mass is 9.67. The number of aliphatic carboxylic acids is 1. The lowest BCUT2D eigenvalue weighted by molar-refractivity contribution is -0.137. The van der Waals surface area contributed by atoms with E-state index in [4.69, 9.17) is 5.11 Å². The van der Waals surface area contributed by atoms with E-state index in [0.717, 1.165) is 6.42 Å². The smallest absolute Gasteiger partial charge is 0.303 e. The van der Waals surface area contributed by atoms with Crippen molar-refractivity contribution in [3.8, 4) is 0 Å². The fourth-order valence-electron chi connectivity index (χ4n) is 2.71. The highest BCUT2D eigenvalue weighted by atomic mass is 16.4. The molecule has 0 aliphatic heterocycles. The van der Waals surface area contributed by atoms with Gasteiger partial charge in [0.25, 0.3) is 0 Å². The quantitative estimate of drug-likeness (QED) is 0.717. The summed E-state index contributed by atoms with van der Waals surface area (Å²) in [7, 11) is 0. The first-order valence-corrected chi connectivity index (χ1v) is 6.90. The van der Waals surface area contributed by atoms with Gasteiger partial charge < -0.3 is 10.4 Å². The second-order valence-corrected chi connectivity index (χ2v) is 5.98. The molecule has 0 spiro atoms. The summed E-state index contributed by atoms with van der Waals surface area (Å²) < 4.78 is 0. The molecule has 1 aliphatic rings. The molecule has 104 valence electrons. The van der Waals surface area contributed by atoms with Crippen molar-refractivity contribution in [3.05, 3.63) is 0 Å². The minimum absolute atomic E-state index is 0.0698. The summed E-state index contributed by atoms with van der Waals surface area (Å²) in [5.74, 6) is -0.274. The average Bonchev–Trinajstić information content (AvgIpc) is 2.27. The maximum absolute atomic E-state index is 11.8. The maximum Gasteiger partial charge on any atom is 0.303 e. The van der Waals surface area contributed by atoms with Crippen LogP contribution in [0.1, 0.15) is 58.8 Å². The van der Waals surface area contributed by atoms with Crippen molar-refractivity contribution in [3.63, 3.8) is 0 Å². The summed E-state index contributed by atoms with van der Waals surface area (Å²) in [6.07, 6.45) is 6.04. The third-order valence-corrected chi connectivity index (χ3v) is 4.05. The van der Waals surface area contributed by atoms with Crippen LogP contribution in [0.2, 0.25) is 0 Å². The first-order chi connectivity index (χ1) is 8.42. The predicted octanol–water partition coefficient (Wildman–Crippen LogP) is 2.57. The van der Waals surface area contributed by atoms with Crippen molar-refractivity contribution in [1.29, 1.82) is 0 Å². The van der Waals surface area contributed by atoms with E-state index in [2.05, 4.69) is 19.2 Å². The molecule has 4 heteroatoms. The molecule has 1 rings (SSSR count). The third-order valence-electron chi connectivity index (χ3n) is 4.05. The van der Waals surface area contributed by atoms with Gasteiger partial charge in [0.05, 0.1) is 0 Å². The van der Waals surface area contributed by atoms with Gasteiger partial charge in [0.2, 0.25) is 5.91 Å². The molecule has 1 atom stereocenters. The number of carbonyl (C=O) groups excluding carboxylic acids is 1. The van der Waals surface area contributed by atoms with Gasteiger partial charge in [0, 0.05) is 19.4 Å². The molecule has 0 bridgehead atoms. The van der Waals surface area contributed by atoms with Gasteiger partial charge in [-0.3, -0.25) is 9.59 Å². The maximum atomic E-state index is 11.8. The highest BCUT2D eigenvalue weighted by molar-refractivity contribution is 5.76. The fraction of sp³-hybridized carbons (Fsp3) is 0.857. The van der Waals surface area contributed by atoms with Gasteiger partial charge in [-0.2, -0.15) is 0 Å². The summed E-state index contributed by atoms with van der Waals surface area (Å²) in [6, 6.07) is 0. The van der Waals surface area contributed by atoms with Gasteiger partial charge in [0.15, 0.2) is 0 Å². The molecular weight excluding hydrogens is 230 g/mol. The Morgan fingerprint density at radius 3 is 2.67 bits per heavy atom. The fourth-order valence-corrected chi connectivity index (χ4v) is 2.71. The van der Waals surface area contributed by atoms with Crippen molar-refractivity contribution in [2.45, 2.75) is 58.8 Å². The number of rotatable bonds is 6. The van der Waals surface area contributed by atoms with Gasteiger partial charge in [0.1, 0.15) is 0 Å². The monoisotopic (exact) mass is 255 g/mol. The molecule has 0 saturated heterocycles. The van der Waals surface area contributed by atoms with E-state index >= 15 is 0 Å². The summed E-state index contributed by atoms with van der Waals surface area (Å²) in [5, 5.41) is 11.3. The van der Waals surface area contributed by atoms with Gasteiger partial charge in [-0.25, -0.2) is 0 Å². The van der Waals surface area contributed by atoms with Crippen molar-refractivity contribution < 1.29 is 14.7 Å². The van der Waals surface area contributed by atoms with Crippen LogP contribution in [0, 0.1) is 11.3 Å². The van der Waals surface area contributed by atoms with E-state index in [1.165, 1.54) is 19.3 Å². The van der Waals surface area contributed by atoms with Gasteiger partial charge in [-0.15, -0.1) is 0 Å². The van der Waals surface area contributed by atoms with E-state index < -0.39 is 5.97 Å². The number of hydrogen-bond donors (Lipinski definition) is 2. The molecule has 0 radical (unpaired) electrons. The minimum atomic E-state index is -0.808. The van der Waals surface area contributed by atoms with E-state index in [1.54, 1.807) is 0 Å². The average molecular weight is 255 g/mol. The molecule has 2 N–H and O–H groups in total. The first-order valence-electron chi connectivity index (χ1n) is 6.90. The van der Waals surface area contributed by atoms with Crippen LogP contribution < -0.4 is 5.32 Å². The van der Waals surface area contributed by atoms with Crippen LogP contribution in [0.3, 0.4) is 0 Å².